The highest BCUT2D eigenvalue weighted by Gasteiger charge is 2.30. The third kappa shape index (κ3) is 4.74. The molecule has 1 fully saturated rings. The van der Waals surface area contributed by atoms with Crippen molar-refractivity contribution >= 4 is 28.9 Å². The number of hydrogen-bond donors (Lipinski definition) is 3. The molecule has 0 spiro atoms. The largest absolute Gasteiger partial charge is 0.493 e. The van der Waals surface area contributed by atoms with Crippen LogP contribution in [-0.4, -0.2) is 73.4 Å². The minimum absolute atomic E-state index is 0.0623. The molecule has 1 saturated heterocycles. The average Bonchev–Trinajstić information content (AvgIpc) is 3.24. The number of ether oxygens (including phenoxy) is 3. The van der Waals surface area contributed by atoms with Gasteiger partial charge in [-0.2, -0.15) is 0 Å². The number of nitrogens with one attached hydrogen (secondary N) is 3. The van der Waals surface area contributed by atoms with E-state index in [-0.39, 0.29) is 18.1 Å². The van der Waals surface area contributed by atoms with Crippen LogP contribution in [0.2, 0.25) is 5.02 Å². The predicted octanol–water partition coefficient (Wildman–Crippen LogP) is 3.87. The predicted molar refractivity (Wildman–Crippen MR) is 139 cm³/mol. The van der Waals surface area contributed by atoms with Crippen LogP contribution >= 0.6 is 11.6 Å². The zero-order valence-electron chi connectivity index (χ0n) is 20.6. The van der Waals surface area contributed by atoms with Crippen LogP contribution in [-0.2, 0) is 11.2 Å². The molecule has 5 rings (SSSR count). The lowest BCUT2D eigenvalue weighted by molar-refractivity contribution is -0.0689. The van der Waals surface area contributed by atoms with Crippen molar-refractivity contribution in [3.63, 3.8) is 0 Å². The summed E-state index contributed by atoms with van der Waals surface area (Å²) in [6, 6.07) is 7.33. The van der Waals surface area contributed by atoms with Crippen molar-refractivity contribution in [2.75, 3.05) is 45.7 Å². The van der Waals surface area contributed by atoms with Crippen LogP contribution in [0, 0.1) is 0 Å². The first-order valence-electron chi connectivity index (χ1n) is 12.0. The summed E-state index contributed by atoms with van der Waals surface area (Å²) < 4.78 is 17.9. The van der Waals surface area contributed by atoms with E-state index in [0.29, 0.717) is 53.0 Å². The molecule has 0 unspecified atom stereocenters. The Balaban J connectivity index is 1.56. The van der Waals surface area contributed by atoms with Gasteiger partial charge >= 0.3 is 0 Å². The fourth-order valence-corrected chi connectivity index (χ4v) is 4.96. The zero-order chi connectivity index (χ0) is 25.2. The van der Waals surface area contributed by atoms with Gasteiger partial charge in [0.1, 0.15) is 18.0 Å². The molecule has 10 heteroatoms. The number of carbonyl (C=O) groups is 1. The van der Waals surface area contributed by atoms with Crippen molar-refractivity contribution in [2.45, 2.75) is 25.6 Å². The van der Waals surface area contributed by atoms with Crippen molar-refractivity contribution in [1.29, 1.82) is 0 Å². The highest BCUT2D eigenvalue weighted by Crippen LogP contribution is 2.43. The number of amides is 1. The summed E-state index contributed by atoms with van der Waals surface area (Å²) >= 11 is 6.37. The summed E-state index contributed by atoms with van der Waals surface area (Å²) in [5.41, 5.74) is 4.20. The maximum Gasteiger partial charge on any atom is 0.255 e. The first kappa shape index (κ1) is 24.4. The molecule has 2 atom stereocenters. The quantitative estimate of drug-likeness (QED) is 0.442. The van der Waals surface area contributed by atoms with Crippen LogP contribution in [0.25, 0.3) is 11.3 Å². The van der Waals surface area contributed by atoms with Crippen LogP contribution in [0.4, 0.5) is 11.4 Å². The normalized spacial score (nSPS) is 18.8. The number of aromatic amines is 1. The third-order valence-corrected chi connectivity index (χ3v) is 6.88. The third-order valence-electron chi connectivity index (χ3n) is 6.58. The molecular weight excluding hydrogens is 482 g/mol. The van der Waals surface area contributed by atoms with E-state index < -0.39 is 0 Å². The lowest BCUT2D eigenvalue weighted by Crippen LogP contribution is -2.46. The number of morpholine rings is 1. The van der Waals surface area contributed by atoms with Gasteiger partial charge in [-0.1, -0.05) is 17.7 Å². The molecule has 0 bridgehead atoms. The van der Waals surface area contributed by atoms with Gasteiger partial charge in [0.15, 0.2) is 5.75 Å². The van der Waals surface area contributed by atoms with E-state index in [1.807, 2.05) is 25.1 Å². The number of halogens is 1. The van der Waals surface area contributed by atoms with Gasteiger partial charge in [-0.15, -0.1) is 0 Å². The molecule has 0 radical (unpaired) electrons. The lowest BCUT2D eigenvalue weighted by Gasteiger charge is -2.33. The number of methoxy groups -OCH3 is 1. The monoisotopic (exact) mass is 511 g/mol. The van der Waals surface area contributed by atoms with Crippen LogP contribution < -0.4 is 20.1 Å². The second kappa shape index (κ2) is 10.4. The number of fused-ring (bicyclic) bond motifs is 1. The Morgan fingerprint density at radius 2 is 2.19 bits per heavy atom. The number of aromatic nitrogens is 2. The van der Waals surface area contributed by atoms with Gasteiger partial charge in [-0.25, -0.2) is 0 Å². The molecule has 2 aliphatic heterocycles. The summed E-state index contributed by atoms with van der Waals surface area (Å²) in [4.78, 5) is 23.0. The van der Waals surface area contributed by atoms with Gasteiger partial charge < -0.3 is 34.7 Å². The smallest absolute Gasteiger partial charge is 0.255 e. The highest BCUT2D eigenvalue weighted by molar-refractivity contribution is 6.32. The molecule has 190 valence electrons. The van der Waals surface area contributed by atoms with Crippen LogP contribution in [0.1, 0.15) is 23.0 Å². The molecule has 36 heavy (non-hydrogen) atoms. The Kier molecular flexibility index (Phi) is 7.04. The number of hydrogen-bond acceptors (Lipinski definition) is 7. The lowest BCUT2D eigenvalue weighted by atomic mass is 10.0. The van der Waals surface area contributed by atoms with Gasteiger partial charge in [0.05, 0.1) is 47.6 Å². The van der Waals surface area contributed by atoms with E-state index >= 15 is 0 Å². The topological polar surface area (TPSA) is 101 Å². The summed E-state index contributed by atoms with van der Waals surface area (Å²) in [6.45, 7) is 4.93. The molecule has 0 saturated carbocycles. The Labute approximate surface area is 215 Å². The van der Waals surface area contributed by atoms with Gasteiger partial charge in [0, 0.05) is 43.5 Å². The van der Waals surface area contributed by atoms with Gasteiger partial charge in [-0.05, 0) is 32.2 Å². The summed E-state index contributed by atoms with van der Waals surface area (Å²) in [5, 5.41) is 6.82. The Hall–Kier alpha value is -3.27. The maximum atomic E-state index is 13.0. The van der Waals surface area contributed by atoms with Crippen molar-refractivity contribution < 1.29 is 19.0 Å². The standard InChI is InChI=1S/C26H30ClN5O4/c1-15(21-14-32(2)11-12-35-21)36-20-13-28-9-7-16(20)23-24(22-18(30-23)8-10-29-26(22)33)31-19-6-4-5-17(27)25(19)34-3/h4-7,9,13,15,21,30-31H,8,10-12,14H2,1-3H3,(H,29,33)/t15-,21+/m0/s1. The fraction of sp³-hybridized carbons (Fsp3) is 0.385. The van der Waals surface area contributed by atoms with Crippen molar-refractivity contribution in [3.05, 3.63) is 52.9 Å². The molecular formula is C26H30ClN5O4. The van der Waals surface area contributed by atoms with E-state index in [1.54, 1.807) is 25.6 Å². The van der Waals surface area contributed by atoms with Crippen LogP contribution in [0.3, 0.4) is 0 Å². The van der Waals surface area contributed by atoms with Crippen molar-refractivity contribution in [3.8, 4) is 22.8 Å². The van der Waals surface area contributed by atoms with Crippen molar-refractivity contribution in [1.82, 2.24) is 20.2 Å². The summed E-state index contributed by atoms with van der Waals surface area (Å²) in [7, 11) is 3.64. The number of pyridine rings is 1. The number of benzene rings is 1. The second-order valence-electron chi connectivity index (χ2n) is 9.05. The Bertz CT molecular complexity index is 1260. The van der Waals surface area contributed by atoms with E-state index in [0.717, 1.165) is 30.0 Å². The molecule has 9 nitrogen and oxygen atoms in total. The van der Waals surface area contributed by atoms with E-state index in [2.05, 4.69) is 32.5 Å². The average molecular weight is 512 g/mol. The fourth-order valence-electron chi connectivity index (χ4n) is 4.71. The van der Waals surface area contributed by atoms with Crippen molar-refractivity contribution in [2.24, 2.45) is 0 Å². The highest BCUT2D eigenvalue weighted by atomic mass is 35.5. The SMILES string of the molecule is COc1c(Cl)cccc1Nc1c(-c2ccncc2O[C@@H](C)[C@H]2CN(C)CCO2)[nH]c2c1C(=O)NCC2. The minimum atomic E-state index is -0.201. The zero-order valence-corrected chi connectivity index (χ0v) is 21.3. The Morgan fingerprint density at radius 1 is 1.33 bits per heavy atom. The molecule has 3 aromatic rings. The number of rotatable bonds is 7. The number of anilines is 2. The number of nitrogens with zero attached hydrogens (tertiary/aromatic N) is 2. The van der Waals surface area contributed by atoms with E-state index in [4.69, 9.17) is 25.8 Å². The first-order chi connectivity index (χ1) is 17.5. The number of carbonyl (C=O) groups excluding carboxylic acids is 1. The molecule has 1 aromatic carbocycles. The van der Waals surface area contributed by atoms with Crippen LogP contribution in [0.5, 0.6) is 11.5 Å². The first-order valence-corrected chi connectivity index (χ1v) is 12.4. The molecule has 4 heterocycles. The van der Waals surface area contributed by atoms with Crippen LogP contribution in [0.15, 0.2) is 36.7 Å². The van der Waals surface area contributed by atoms with Gasteiger partial charge in [-0.3, -0.25) is 9.78 Å². The molecule has 2 aliphatic rings. The number of para-hydroxylation sites is 1. The molecule has 0 aliphatic carbocycles. The summed E-state index contributed by atoms with van der Waals surface area (Å²) in [6.07, 6.45) is 3.83. The molecule has 3 N–H and O–H groups in total. The van der Waals surface area contributed by atoms with Gasteiger partial charge in [0.2, 0.25) is 0 Å². The molecule has 2 aromatic heterocycles. The second-order valence-corrected chi connectivity index (χ2v) is 9.45. The maximum absolute atomic E-state index is 13.0. The van der Waals surface area contributed by atoms with E-state index in [1.165, 1.54) is 0 Å². The number of likely N-dealkylation sites (N-methyl/N-ethyl adjacent to an activating group) is 1. The van der Waals surface area contributed by atoms with E-state index in [9.17, 15) is 4.79 Å². The number of H-pyrrole nitrogens is 1. The Morgan fingerprint density at radius 3 is 3.00 bits per heavy atom. The van der Waals surface area contributed by atoms with Gasteiger partial charge in [0.25, 0.3) is 5.91 Å². The summed E-state index contributed by atoms with van der Waals surface area (Å²) in [5.74, 6) is 0.947. The minimum Gasteiger partial charge on any atom is -0.493 e. The molecule has 1 amide bonds.